The number of carboxylic acid groups (broad SMARTS) is 1. The molecule has 0 amide bonds. The van der Waals surface area contributed by atoms with Crippen molar-refractivity contribution in [3.8, 4) is 11.1 Å². The second kappa shape index (κ2) is 13.3. The molecule has 0 bridgehead atoms. The molecule has 0 saturated carbocycles. The molecule has 2 rings (SSSR count). The summed E-state index contributed by atoms with van der Waals surface area (Å²) in [6.07, 6.45) is 2.08. The summed E-state index contributed by atoms with van der Waals surface area (Å²) in [5.41, 5.74) is 0.396. The number of rotatable bonds is 14. The molecule has 9 nitrogen and oxygen atoms in total. The van der Waals surface area contributed by atoms with Crippen molar-refractivity contribution in [3.05, 3.63) is 40.8 Å². The topological polar surface area (TPSA) is 139 Å². The van der Waals surface area contributed by atoms with Crippen molar-refractivity contribution in [3.63, 3.8) is 0 Å². The Labute approximate surface area is 229 Å². The van der Waals surface area contributed by atoms with Gasteiger partial charge in [-0.25, -0.2) is 9.59 Å². The van der Waals surface area contributed by atoms with Crippen LogP contribution in [0.3, 0.4) is 0 Å². The third-order valence-corrected chi connectivity index (χ3v) is 8.38. The number of benzene rings is 1. The largest absolute Gasteiger partial charge is 0.480 e. The molecular weight excluding hydrogens is 528 g/mol. The van der Waals surface area contributed by atoms with E-state index < -0.39 is 38.5 Å². The monoisotopic (exact) mass is 566 g/mol. The zero-order valence-corrected chi connectivity index (χ0v) is 24.4. The van der Waals surface area contributed by atoms with Crippen LogP contribution in [0.2, 0.25) is 0 Å². The highest BCUT2D eigenvalue weighted by atomic mass is 32.2. The van der Waals surface area contributed by atoms with Crippen LogP contribution in [0, 0.1) is 11.8 Å². The number of carbonyl (C=O) groups excluding carboxylic acids is 2. The van der Waals surface area contributed by atoms with E-state index in [-0.39, 0.29) is 13.2 Å². The van der Waals surface area contributed by atoms with Crippen LogP contribution in [0.1, 0.15) is 64.8 Å². The fourth-order valence-electron chi connectivity index (χ4n) is 4.03. The van der Waals surface area contributed by atoms with E-state index in [1.165, 1.54) is 18.3 Å². The lowest BCUT2D eigenvalue weighted by molar-refractivity contribution is -0.152. The third kappa shape index (κ3) is 7.64. The van der Waals surface area contributed by atoms with Gasteiger partial charge in [-0.05, 0) is 48.8 Å². The molecule has 1 heterocycles. The standard InChI is InChI=1S/C27H38N2O7S2/c1-7-8-13-36-26(33)38(34,35)29-24-23(15-22(37-24)14-17(2)3)21-11-9-20(10-12-21)16-28-27(18(4)5,19(6)30)25(31)32/h9-12,15,17-18,28-29H,7-8,13-14,16H2,1-6H3,(H,31,32). The van der Waals surface area contributed by atoms with Gasteiger partial charge in [0.25, 0.3) is 0 Å². The summed E-state index contributed by atoms with van der Waals surface area (Å²) in [6, 6.07) is 9.06. The average molecular weight is 567 g/mol. The number of thiophene rings is 1. The Bertz CT molecular complexity index is 1220. The Kier molecular flexibility index (Phi) is 11.0. The number of unbranched alkanes of at least 4 members (excludes halogenated alkanes) is 1. The van der Waals surface area contributed by atoms with Gasteiger partial charge in [0.1, 0.15) is 5.00 Å². The van der Waals surface area contributed by atoms with Crippen molar-refractivity contribution >= 4 is 43.4 Å². The molecule has 0 radical (unpaired) electrons. The van der Waals surface area contributed by atoms with Crippen molar-refractivity contribution in [2.24, 2.45) is 11.8 Å². The molecule has 0 aliphatic carbocycles. The van der Waals surface area contributed by atoms with E-state index in [0.717, 1.165) is 28.8 Å². The molecule has 0 saturated heterocycles. The predicted octanol–water partition coefficient (Wildman–Crippen LogP) is 5.45. The first kappa shape index (κ1) is 31.5. The summed E-state index contributed by atoms with van der Waals surface area (Å²) in [5.74, 6) is -1.82. The van der Waals surface area contributed by atoms with Crippen molar-refractivity contribution in [1.82, 2.24) is 5.32 Å². The van der Waals surface area contributed by atoms with Crippen LogP contribution in [0.4, 0.5) is 9.80 Å². The number of ketones is 1. The Hall–Kier alpha value is -2.76. The van der Waals surface area contributed by atoms with E-state index in [1.54, 1.807) is 38.1 Å². The average Bonchev–Trinajstić information content (AvgIpc) is 3.19. The van der Waals surface area contributed by atoms with E-state index in [1.807, 2.05) is 13.0 Å². The van der Waals surface area contributed by atoms with Crippen LogP contribution in [0.15, 0.2) is 30.3 Å². The van der Waals surface area contributed by atoms with Gasteiger partial charge in [-0.2, -0.15) is 8.42 Å². The molecule has 2 aromatic rings. The Morgan fingerprint density at radius 1 is 1.11 bits per heavy atom. The van der Waals surface area contributed by atoms with Crippen LogP contribution in [-0.4, -0.2) is 42.7 Å². The maximum atomic E-state index is 12.6. The number of ether oxygens (including phenoxy) is 1. The summed E-state index contributed by atoms with van der Waals surface area (Å²) in [4.78, 5) is 37.3. The molecule has 3 N–H and O–H groups in total. The molecule has 1 aromatic carbocycles. The second-order valence-corrected chi connectivity index (χ2v) is 12.7. The van der Waals surface area contributed by atoms with Gasteiger partial charge in [0.15, 0.2) is 11.3 Å². The van der Waals surface area contributed by atoms with Gasteiger partial charge >= 0.3 is 21.3 Å². The van der Waals surface area contributed by atoms with Gasteiger partial charge in [-0.3, -0.25) is 14.8 Å². The lowest BCUT2D eigenvalue weighted by Crippen LogP contribution is -2.60. The molecule has 1 aromatic heterocycles. The number of hydrogen-bond donors (Lipinski definition) is 3. The van der Waals surface area contributed by atoms with Gasteiger partial charge in [0.2, 0.25) is 0 Å². The van der Waals surface area contributed by atoms with E-state index in [2.05, 4.69) is 23.9 Å². The van der Waals surface area contributed by atoms with Gasteiger partial charge in [0, 0.05) is 17.0 Å². The number of nitrogens with one attached hydrogen (secondary N) is 2. The zero-order chi connectivity index (χ0) is 28.7. The number of aliphatic carboxylic acids is 1. The summed E-state index contributed by atoms with van der Waals surface area (Å²) >= 11 is 1.27. The van der Waals surface area contributed by atoms with Crippen LogP contribution in [0.5, 0.6) is 0 Å². The summed E-state index contributed by atoms with van der Waals surface area (Å²) in [5, 5.41) is 11.7. The van der Waals surface area contributed by atoms with Crippen LogP contribution in [0.25, 0.3) is 11.1 Å². The van der Waals surface area contributed by atoms with Crippen LogP contribution >= 0.6 is 11.3 Å². The fourth-order valence-corrected chi connectivity index (χ4v) is 6.34. The number of anilines is 1. The lowest BCUT2D eigenvalue weighted by atomic mass is 9.82. The molecule has 0 spiro atoms. The smallest absolute Gasteiger partial charge is 0.445 e. The minimum absolute atomic E-state index is 0.0330. The first-order valence-electron chi connectivity index (χ1n) is 12.7. The highest BCUT2D eigenvalue weighted by Crippen LogP contribution is 2.38. The van der Waals surface area contributed by atoms with Gasteiger partial charge in [-0.1, -0.05) is 65.3 Å². The number of carbonyl (C=O) groups is 3. The summed E-state index contributed by atoms with van der Waals surface area (Å²) in [7, 11) is -4.40. The highest BCUT2D eigenvalue weighted by molar-refractivity contribution is 8.07. The van der Waals surface area contributed by atoms with E-state index in [9.17, 15) is 27.9 Å². The first-order chi connectivity index (χ1) is 17.7. The summed E-state index contributed by atoms with van der Waals surface area (Å²) < 4.78 is 32.6. The maximum absolute atomic E-state index is 12.6. The molecule has 0 aliphatic heterocycles. The Morgan fingerprint density at radius 3 is 2.24 bits per heavy atom. The minimum Gasteiger partial charge on any atom is -0.480 e. The number of sulfonamides is 1. The second-order valence-electron chi connectivity index (χ2n) is 9.99. The molecule has 11 heteroatoms. The molecule has 0 aliphatic rings. The zero-order valence-electron chi connectivity index (χ0n) is 22.8. The van der Waals surface area contributed by atoms with Crippen molar-refractivity contribution in [1.29, 1.82) is 0 Å². The SMILES string of the molecule is CCCCOC(=O)S(=O)(=O)Nc1sc(CC(C)C)cc1-c1ccc(CNC(C(C)=O)(C(=O)O)C(C)C)cc1. The normalized spacial score (nSPS) is 13.4. The van der Waals surface area contributed by atoms with Crippen LogP contribution in [-0.2, 0) is 37.3 Å². The summed E-state index contributed by atoms with van der Waals surface area (Å²) in [6.45, 7) is 10.8. The lowest BCUT2D eigenvalue weighted by Gasteiger charge is -2.32. The van der Waals surface area contributed by atoms with Crippen molar-refractivity contribution in [2.45, 2.75) is 72.9 Å². The van der Waals surface area contributed by atoms with Crippen molar-refractivity contribution < 1.29 is 32.6 Å². The first-order valence-corrected chi connectivity index (χ1v) is 15.0. The minimum atomic E-state index is -4.40. The molecule has 210 valence electrons. The fraction of sp³-hybridized carbons (Fsp3) is 0.519. The van der Waals surface area contributed by atoms with Gasteiger partial charge < -0.3 is 9.84 Å². The van der Waals surface area contributed by atoms with E-state index in [4.69, 9.17) is 4.74 Å². The number of hydrogen-bond acceptors (Lipinski definition) is 8. The third-order valence-electron chi connectivity index (χ3n) is 6.15. The Morgan fingerprint density at radius 2 is 1.74 bits per heavy atom. The molecule has 1 unspecified atom stereocenters. The van der Waals surface area contributed by atoms with Gasteiger partial charge in [0.05, 0.1) is 6.61 Å². The molecule has 38 heavy (non-hydrogen) atoms. The Balaban J connectivity index is 2.33. The highest BCUT2D eigenvalue weighted by Gasteiger charge is 2.46. The van der Waals surface area contributed by atoms with Crippen molar-refractivity contribution in [2.75, 3.05) is 11.3 Å². The maximum Gasteiger partial charge on any atom is 0.445 e. The van der Waals surface area contributed by atoms with Gasteiger partial charge in [-0.15, -0.1) is 11.3 Å². The predicted molar refractivity (Wildman–Crippen MR) is 150 cm³/mol. The van der Waals surface area contributed by atoms with Crippen LogP contribution < -0.4 is 10.0 Å². The molecule has 0 fully saturated rings. The molecular formula is C27H38N2O7S2. The van der Waals surface area contributed by atoms with E-state index in [0.29, 0.717) is 22.9 Å². The van der Waals surface area contributed by atoms with E-state index >= 15 is 0 Å². The quantitative estimate of drug-likeness (QED) is 0.156. The molecule has 1 atom stereocenters. The number of Topliss-reactive ketones (excluding diaryl/α,β-unsaturated/α-hetero) is 1. The number of carboxylic acids is 1.